The summed E-state index contributed by atoms with van der Waals surface area (Å²) in [4.78, 5) is 7.27. The maximum absolute atomic E-state index is 6.14. The third kappa shape index (κ3) is 2.71. The molecule has 1 fully saturated rings. The smallest absolute Gasteiger partial charge is 0.153 e. The van der Waals surface area contributed by atoms with Crippen molar-refractivity contribution >= 4 is 11.5 Å². The van der Waals surface area contributed by atoms with Crippen LogP contribution in [0.5, 0.6) is 17.2 Å². The SMILES string of the molecule is COc1ccc2c(c1)C(N1CCNC(C)C1)=Nc1ccccc1O2. The summed E-state index contributed by atoms with van der Waals surface area (Å²) in [5, 5.41) is 3.48. The molecule has 0 saturated carbocycles. The monoisotopic (exact) mass is 323 g/mol. The Hall–Kier alpha value is -2.53. The van der Waals surface area contributed by atoms with Gasteiger partial charge < -0.3 is 19.7 Å². The maximum Gasteiger partial charge on any atom is 0.153 e. The summed E-state index contributed by atoms with van der Waals surface area (Å²) in [7, 11) is 1.68. The number of para-hydroxylation sites is 2. The fraction of sp³-hybridized carbons (Fsp3) is 0.316. The van der Waals surface area contributed by atoms with Crippen LogP contribution in [-0.2, 0) is 0 Å². The molecule has 1 unspecified atom stereocenters. The molecule has 0 spiro atoms. The van der Waals surface area contributed by atoms with E-state index in [2.05, 4.69) is 17.1 Å². The van der Waals surface area contributed by atoms with Crippen molar-refractivity contribution in [3.63, 3.8) is 0 Å². The van der Waals surface area contributed by atoms with E-state index in [0.717, 1.165) is 54.0 Å². The van der Waals surface area contributed by atoms with E-state index in [4.69, 9.17) is 14.5 Å². The number of aliphatic imine (C=N–C) groups is 1. The van der Waals surface area contributed by atoms with E-state index in [1.54, 1.807) is 7.11 Å². The molecule has 2 aliphatic heterocycles. The molecule has 0 aromatic heterocycles. The zero-order valence-electron chi connectivity index (χ0n) is 14.0. The predicted octanol–water partition coefficient (Wildman–Crippen LogP) is 3.17. The largest absolute Gasteiger partial charge is 0.497 e. The van der Waals surface area contributed by atoms with Crippen molar-refractivity contribution in [1.29, 1.82) is 0 Å². The first-order valence-corrected chi connectivity index (χ1v) is 8.27. The lowest BCUT2D eigenvalue weighted by molar-refractivity contribution is 0.304. The minimum atomic E-state index is 0.426. The Morgan fingerprint density at radius 1 is 1.21 bits per heavy atom. The third-order valence-corrected chi connectivity index (χ3v) is 4.41. The van der Waals surface area contributed by atoms with Gasteiger partial charge in [0, 0.05) is 25.7 Å². The Balaban J connectivity index is 1.86. The molecule has 0 bridgehead atoms. The van der Waals surface area contributed by atoms with E-state index in [0.29, 0.717) is 6.04 Å². The molecular formula is C19H21N3O2. The number of nitrogens with zero attached hydrogens (tertiary/aromatic N) is 2. The lowest BCUT2D eigenvalue weighted by atomic mass is 10.1. The molecule has 1 N–H and O–H groups in total. The molecule has 4 rings (SSSR count). The van der Waals surface area contributed by atoms with Crippen LogP contribution in [0.1, 0.15) is 12.5 Å². The van der Waals surface area contributed by atoms with Crippen molar-refractivity contribution in [2.75, 3.05) is 26.7 Å². The molecule has 0 amide bonds. The number of piperazine rings is 1. The predicted molar refractivity (Wildman–Crippen MR) is 94.7 cm³/mol. The number of benzene rings is 2. The Morgan fingerprint density at radius 3 is 2.92 bits per heavy atom. The van der Waals surface area contributed by atoms with Crippen molar-refractivity contribution in [2.24, 2.45) is 4.99 Å². The number of nitrogens with one attached hydrogen (secondary N) is 1. The van der Waals surface area contributed by atoms with Crippen molar-refractivity contribution in [1.82, 2.24) is 10.2 Å². The second-order valence-corrected chi connectivity index (χ2v) is 6.17. The average molecular weight is 323 g/mol. The molecular weight excluding hydrogens is 302 g/mol. The van der Waals surface area contributed by atoms with Crippen LogP contribution in [0, 0.1) is 0 Å². The van der Waals surface area contributed by atoms with Crippen LogP contribution in [0.4, 0.5) is 5.69 Å². The standard InChI is InChI=1S/C19H21N3O2/c1-13-12-22(10-9-20-13)19-15-11-14(23-2)7-8-17(15)24-18-6-4-3-5-16(18)21-19/h3-8,11,13,20H,9-10,12H2,1-2H3. The Labute approximate surface area is 141 Å². The van der Waals surface area contributed by atoms with Crippen molar-refractivity contribution in [3.8, 4) is 17.2 Å². The van der Waals surface area contributed by atoms with Crippen LogP contribution in [0.15, 0.2) is 47.5 Å². The van der Waals surface area contributed by atoms with Gasteiger partial charge in [0.05, 0.1) is 12.7 Å². The lowest BCUT2D eigenvalue weighted by Gasteiger charge is -2.34. The molecule has 2 aliphatic rings. The van der Waals surface area contributed by atoms with E-state index >= 15 is 0 Å². The van der Waals surface area contributed by atoms with E-state index < -0.39 is 0 Å². The Morgan fingerprint density at radius 2 is 2.08 bits per heavy atom. The van der Waals surface area contributed by atoms with E-state index in [-0.39, 0.29) is 0 Å². The van der Waals surface area contributed by atoms with E-state index in [9.17, 15) is 0 Å². The summed E-state index contributed by atoms with van der Waals surface area (Å²) in [6, 6.07) is 14.2. The van der Waals surface area contributed by atoms with Crippen LogP contribution >= 0.6 is 0 Å². The minimum Gasteiger partial charge on any atom is -0.497 e. The molecule has 24 heavy (non-hydrogen) atoms. The van der Waals surface area contributed by atoms with Gasteiger partial charge in [-0.15, -0.1) is 0 Å². The minimum absolute atomic E-state index is 0.426. The number of hydrogen-bond acceptors (Lipinski definition) is 5. The lowest BCUT2D eigenvalue weighted by Crippen LogP contribution is -2.51. The molecule has 2 heterocycles. The first-order valence-electron chi connectivity index (χ1n) is 8.27. The average Bonchev–Trinajstić information content (AvgIpc) is 2.77. The molecule has 1 atom stereocenters. The van der Waals surface area contributed by atoms with Crippen LogP contribution < -0.4 is 14.8 Å². The zero-order valence-corrected chi connectivity index (χ0v) is 14.0. The second-order valence-electron chi connectivity index (χ2n) is 6.17. The van der Waals surface area contributed by atoms with Gasteiger partial charge in [0.15, 0.2) is 5.75 Å². The van der Waals surface area contributed by atoms with Crippen molar-refractivity contribution in [2.45, 2.75) is 13.0 Å². The molecule has 5 nitrogen and oxygen atoms in total. The summed E-state index contributed by atoms with van der Waals surface area (Å²) >= 11 is 0. The molecule has 5 heteroatoms. The number of methoxy groups -OCH3 is 1. The van der Waals surface area contributed by atoms with Gasteiger partial charge in [-0.2, -0.15) is 0 Å². The van der Waals surface area contributed by atoms with Crippen LogP contribution in [0.2, 0.25) is 0 Å². The first-order chi connectivity index (χ1) is 11.7. The van der Waals surface area contributed by atoms with Gasteiger partial charge in [0.2, 0.25) is 0 Å². The first kappa shape index (κ1) is 15.0. The fourth-order valence-corrected chi connectivity index (χ4v) is 3.19. The normalized spacial score (nSPS) is 19.5. The second kappa shape index (κ2) is 6.17. The topological polar surface area (TPSA) is 46.1 Å². The van der Waals surface area contributed by atoms with E-state index in [1.807, 2.05) is 42.5 Å². The number of amidine groups is 1. The summed E-state index contributed by atoms with van der Waals surface area (Å²) in [6.45, 7) is 4.97. The zero-order chi connectivity index (χ0) is 16.5. The Kier molecular flexibility index (Phi) is 3.86. The quantitative estimate of drug-likeness (QED) is 0.875. The highest BCUT2D eigenvalue weighted by molar-refractivity contribution is 6.04. The highest BCUT2D eigenvalue weighted by Crippen LogP contribution is 2.39. The van der Waals surface area contributed by atoms with Gasteiger partial charge >= 0.3 is 0 Å². The van der Waals surface area contributed by atoms with Gasteiger partial charge in [-0.3, -0.25) is 0 Å². The van der Waals surface area contributed by atoms with Gasteiger partial charge in [-0.05, 0) is 37.3 Å². The molecule has 2 aromatic rings. The third-order valence-electron chi connectivity index (χ3n) is 4.41. The van der Waals surface area contributed by atoms with Gasteiger partial charge in [0.1, 0.15) is 23.0 Å². The molecule has 0 radical (unpaired) electrons. The fourth-order valence-electron chi connectivity index (χ4n) is 3.19. The molecule has 0 aliphatic carbocycles. The molecule has 1 saturated heterocycles. The summed E-state index contributed by atoms with van der Waals surface area (Å²) < 4.78 is 11.6. The summed E-state index contributed by atoms with van der Waals surface area (Å²) in [5.74, 6) is 3.34. The van der Waals surface area contributed by atoms with Crippen LogP contribution in [0.25, 0.3) is 0 Å². The summed E-state index contributed by atoms with van der Waals surface area (Å²) in [6.07, 6.45) is 0. The Bertz CT molecular complexity index is 788. The van der Waals surface area contributed by atoms with Gasteiger partial charge in [-0.1, -0.05) is 12.1 Å². The molecule has 2 aromatic carbocycles. The number of fused-ring (bicyclic) bond motifs is 2. The van der Waals surface area contributed by atoms with Crippen molar-refractivity contribution < 1.29 is 9.47 Å². The number of hydrogen-bond donors (Lipinski definition) is 1. The highest BCUT2D eigenvalue weighted by Gasteiger charge is 2.26. The van der Waals surface area contributed by atoms with Crippen molar-refractivity contribution in [3.05, 3.63) is 48.0 Å². The van der Waals surface area contributed by atoms with Gasteiger partial charge in [0.25, 0.3) is 0 Å². The number of ether oxygens (including phenoxy) is 2. The maximum atomic E-state index is 6.14. The molecule has 124 valence electrons. The van der Waals surface area contributed by atoms with Crippen LogP contribution in [0.3, 0.4) is 0 Å². The summed E-state index contributed by atoms with van der Waals surface area (Å²) in [5.41, 5.74) is 1.83. The van der Waals surface area contributed by atoms with Crippen LogP contribution in [-0.4, -0.2) is 43.5 Å². The number of rotatable bonds is 1. The van der Waals surface area contributed by atoms with E-state index in [1.165, 1.54) is 0 Å². The van der Waals surface area contributed by atoms with Gasteiger partial charge in [-0.25, -0.2) is 4.99 Å². The highest BCUT2D eigenvalue weighted by atomic mass is 16.5.